The highest BCUT2D eigenvalue weighted by Crippen LogP contribution is 2.44. The summed E-state index contributed by atoms with van der Waals surface area (Å²) in [7, 11) is 0. The number of hydrogen-bond acceptors (Lipinski definition) is 6. The largest absolute Gasteiger partial charge is 0.481 e. The predicted molar refractivity (Wildman–Crippen MR) is 140 cm³/mol. The molecule has 186 valence electrons. The lowest BCUT2D eigenvalue weighted by molar-refractivity contribution is -0.141. The number of rotatable bonds is 9. The van der Waals surface area contributed by atoms with Crippen LogP contribution in [0.15, 0.2) is 48.5 Å². The topological polar surface area (TPSA) is 95.9 Å². The monoisotopic (exact) mass is 514 g/mol. The van der Waals surface area contributed by atoms with Gasteiger partial charge in [-0.2, -0.15) is 23.5 Å². The zero-order valence-corrected chi connectivity index (χ0v) is 21.3. The second-order valence-electron chi connectivity index (χ2n) is 8.66. The number of thioether (sulfide) groups is 2. The maximum atomic E-state index is 13.4. The minimum atomic E-state index is -0.930. The quantitative estimate of drug-likeness (QED) is 0.521. The van der Waals surface area contributed by atoms with E-state index in [2.05, 4.69) is 29.6 Å². The zero-order chi connectivity index (χ0) is 24.8. The van der Waals surface area contributed by atoms with Gasteiger partial charge in [0.25, 0.3) is 0 Å². The number of benzene rings is 2. The number of ether oxygens (including phenoxy) is 1. The average Bonchev–Trinajstić information content (AvgIpc) is 3.18. The van der Waals surface area contributed by atoms with E-state index in [-0.39, 0.29) is 30.9 Å². The van der Waals surface area contributed by atoms with Crippen LogP contribution in [0.4, 0.5) is 4.79 Å². The van der Waals surface area contributed by atoms with Crippen molar-refractivity contribution >= 4 is 41.5 Å². The van der Waals surface area contributed by atoms with Gasteiger partial charge in [-0.05, 0) is 40.7 Å². The van der Waals surface area contributed by atoms with E-state index in [1.54, 1.807) is 28.4 Å². The summed E-state index contributed by atoms with van der Waals surface area (Å²) in [4.78, 5) is 39.1. The molecule has 1 aliphatic heterocycles. The van der Waals surface area contributed by atoms with Crippen LogP contribution >= 0.6 is 23.5 Å². The molecule has 35 heavy (non-hydrogen) atoms. The van der Waals surface area contributed by atoms with Crippen molar-refractivity contribution in [3.8, 4) is 11.1 Å². The van der Waals surface area contributed by atoms with Gasteiger partial charge >= 0.3 is 12.1 Å². The van der Waals surface area contributed by atoms with Gasteiger partial charge in [0.2, 0.25) is 5.91 Å². The number of nitrogens with one attached hydrogen (secondary N) is 1. The van der Waals surface area contributed by atoms with Crippen molar-refractivity contribution in [2.24, 2.45) is 0 Å². The molecule has 0 bridgehead atoms. The minimum absolute atomic E-state index is 0.0624. The van der Waals surface area contributed by atoms with Crippen LogP contribution in [-0.4, -0.2) is 76.7 Å². The van der Waals surface area contributed by atoms with Crippen molar-refractivity contribution in [2.75, 3.05) is 36.7 Å². The van der Waals surface area contributed by atoms with Gasteiger partial charge in [0.1, 0.15) is 12.6 Å². The van der Waals surface area contributed by atoms with Crippen LogP contribution in [0.1, 0.15) is 29.9 Å². The summed E-state index contributed by atoms with van der Waals surface area (Å²) < 4.78 is 5.65. The summed E-state index contributed by atoms with van der Waals surface area (Å²) in [6, 6.07) is 15.1. The Labute approximate surface area is 214 Å². The van der Waals surface area contributed by atoms with E-state index in [0.29, 0.717) is 24.5 Å². The molecule has 4 rings (SSSR count). The lowest BCUT2D eigenvalue weighted by Crippen LogP contribution is -2.55. The van der Waals surface area contributed by atoms with Gasteiger partial charge < -0.3 is 20.1 Å². The van der Waals surface area contributed by atoms with Crippen LogP contribution in [-0.2, 0) is 14.3 Å². The number of carboxylic acid groups (broad SMARTS) is 1. The summed E-state index contributed by atoms with van der Waals surface area (Å²) >= 11 is 3.24. The molecule has 1 unspecified atom stereocenters. The van der Waals surface area contributed by atoms with E-state index in [4.69, 9.17) is 4.74 Å². The van der Waals surface area contributed by atoms with Crippen molar-refractivity contribution in [3.63, 3.8) is 0 Å². The summed E-state index contributed by atoms with van der Waals surface area (Å²) in [5.74, 6) is 0.791. The molecule has 2 aromatic rings. The number of nitrogens with zero attached hydrogens (tertiary/aromatic N) is 1. The van der Waals surface area contributed by atoms with Crippen molar-refractivity contribution in [1.82, 2.24) is 10.2 Å². The first-order valence-electron chi connectivity index (χ1n) is 11.7. The molecule has 1 saturated heterocycles. The molecule has 0 aromatic heterocycles. The molecule has 2 aromatic carbocycles. The Morgan fingerprint density at radius 1 is 1.14 bits per heavy atom. The number of carbonyl (C=O) groups is 3. The van der Waals surface area contributed by atoms with Crippen molar-refractivity contribution in [2.45, 2.75) is 30.8 Å². The highest BCUT2D eigenvalue weighted by molar-refractivity contribution is 7.99. The number of hydrogen-bond donors (Lipinski definition) is 2. The predicted octanol–water partition coefficient (Wildman–Crippen LogP) is 4.07. The summed E-state index contributed by atoms with van der Waals surface area (Å²) in [6.07, 6.45) is 1.67. The minimum Gasteiger partial charge on any atom is -0.481 e. The molecule has 1 fully saturated rings. The Hall–Kier alpha value is -2.65. The third-order valence-corrected chi connectivity index (χ3v) is 8.20. The first-order chi connectivity index (χ1) is 17.0. The molecule has 2 atom stereocenters. The fourth-order valence-corrected chi connectivity index (χ4v) is 6.32. The van der Waals surface area contributed by atoms with E-state index in [1.807, 2.05) is 30.5 Å². The lowest BCUT2D eigenvalue weighted by Gasteiger charge is -2.37. The van der Waals surface area contributed by atoms with Crippen LogP contribution < -0.4 is 5.32 Å². The number of alkyl carbamates (subject to hydrolysis) is 1. The lowest BCUT2D eigenvalue weighted by atomic mass is 9.98. The molecule has 0 spiro atoms. The first kappa shape index (κ1) is 25.4. The van der Waals surface area contributed by atoms with Crippen LogP contribution in [0.25, 0.3) is 11.1 Å². The Morgan fingerprint density at radius 3 is 2.43 bits per heavy atom. The highest BCUT2D eigenvalue weighted by atomic mass is 32.2. The molecule has 2 N–H and O–H groups in total. The van der Waals surface area contributed by atoms with Gasteiger partial charge in [-0.3, -0.25) is 9.59 Å². The van der Waals surface area contributed by atoms with E-state index in [0.717, 1.165) is 28.0 Å². The third kappa shape index (κ3) is 5.95. The van der Waals surface area contributed by atoms with Crippen molar-refractivity contribution < 1.29 is 24.2 Å². The van der Waals surface area contributed by atoms with Gasteiger partial charge in [-0.25, -0.2) is 4.79 Å². The molecule has 0 saturated carbocycles. The molecule has 2 amide bonds. The normalized spacial score (nSPS) is 17.9. The SMILES string of the molecule is CSCC[C@H](NC(=O)OCC1c2ccccc2-c2ccccc21)C(=O)N1CCSCC1CC(=O)O. The number of amides is 2. The van der Waals surface area contributed by atoms with Gasteiger partial charge in [-0.1, -0.05) is 48.5 Å². The van der Waals surface area contributed by atoms with E-state index in [1.165, 1.54) is 0 Å². The molecule has 7 nitrogen and oxygen atoms in total. The Balaban J connectivity index is 1.43. The molecule has 0 radical (unpaired) electrons. The summed E-state index contributed by atoms with van der Waals surface area (Å²) in [6.45, 7) is 0.648. The van der Waals surface area contributed by atoms with Crippen LogP contribution in [0.2, 0.25) is 0 Å². The number of aliphatic carboxylic acids is 1. The molecule has 9 heteroatoms. The fraction of sp³-hybridized carbons (Fsp3) is 0.423. The van der Waals surface area contributed by atoms with Crippen LogP contribution in [0.5, 0.6) is 0 Å². The fourth-order valence-electron chi connectivity index (χ4n) is 4.79. The second kappa shape index (κ2) is 11.9. The average molecular weight is 515 g/mol. The number of carboxylic acids is 1. The molecule has 1 aliphatic carbocycles. The highest BCUT2D eigenvalue weighted by Gasteiger charge is 2.34. The molecular formula is C26H30N2O5S2. The van der Waals surface area contributed by atoms with E-state index < -0.39 is 18.1 Å². The Kier molecular flexibility index (Phi) is 8.62. The molecule has 2 aliphatic rings. The second-order valence-corrected chi connectivity index (χ2v) is 10.8. The maximum Gasteiger partial charge on any atom is 0.407 e. The number of carbonyl (C=O) groups excluding carboxylic acids is 2. The Morgan fingerprint density at radius 2 is 1.80 bits per heavy atom. The zero-order valence-electron chi connectivity index (χ0n) is 19.6. The number of fused-ring (bicyclic) bond motifs is 3. The smallest absolute Gasteiger partial charge is 0.407 e. The third-order valence-electron chi connectivity index (χ3n) is 6.47. The van der Waals surface area contributed by atoms with Gasteiger partial charge in [0.05, 0.1) is 12.5 Å². The van der Waals surface area contributed by atoms with Crippen molar-refractivity contribution in [3.05, 3.63) is 59.7 Å². The summed E-state index contributed by atoms with van der Waals surface area (Å²) in [5, 5.41) is 12.0. The van der Waals surface area contributed by atoms with Crippen LogP contribution in [0, 0.1) is 0 Å². The van der Waals surface area contributed by atoms with Gasteiger partial charge in [0, 0.05) is 24.0 Å². The standard InChI is InChI=1S/C26H30N2O5S2/c1-34-12-10-23(25(31)28-11-13-35-16-17(28)14-24(29)30)27-26(32)33-15-22-20-8-4-2-6-18(20)19-7-3-5-9-21(19)22/h2-9,17,22-23H,10-16H2,1H3,(H,27,32)(H,29,30)/t17?,23-/m0/s1. The van der Waals surface area contributed by atoms with Gasteiger partial charge in [0.15, 0.2) is 0 Å². The molecule has 1 heterocycles. The van der Waals surface area contributed by atoms with Crippen molar-refractivity contribution in [1.29, 1.82) is 0 Å². The Bertz CT molecular complexity index is 1030. The first-order valence-corrected chi connectivity index (χ1v) is 14.2. The van der Waals surface area contributed by atoms with E-state index >= 15 is 0 Å². The molecular weight excluding hydrogens is 484 g/mol. The van der Waals surface area contributed by atoms with E-state index in [9.17, 15) is 19.5 Å². The van der Waals surface area contributed by atoms with Gasteiger partial charge in [-0.15, -0.1) is 0 Å². The maximum absolute atomic E-state index is 13.4. The van der Waals surface area contributed by atoms with Crippen LogP contribution in [0.3, 0.4) is 0 Å². The summed E-state index contributed by atoms with van der Waals surface area (Å²) in [5.41, 5.74) is 4.55.